The summed E-state index contributed by atoms with van der Waals surface area (Å²) in [5, 5.41) is 3.00. The van der Waals surface area contributed by atoms with Gasteiger partial charge in [0.05, 0.1) is 12.2 Å². The predicted molar refractivity (Wildman–Crippen MR) is 96.2 cm³/mol. The Morgan fingerprint density at radius 2 is 1.83 bits per heavy atom. The van der Waals surface area contributed by atoms with Gasteiger partial charge in [-0.25, -0.2) is 12.7 Å². The highest BCUT2D eigenvalue weighted by molar-refractivity contribution is 7.88. The molecule has 0 aromatic carbocycles. The summed E-state index contributed by atoms with van der Waals surface area (Å²) < 4.78 is 24.7. The van der Waals surface area contributed by atoms with Crippen molar-refractivity contribution in [2.75, 3.05) is 45.5 Å². The van der Waals surface area contributed by atoms with Gasteiger partial charge < -0.3 is 10.2 Å². The van der Waals surface area contributed by atoms with Gasteiger partial charge in [-0.1, -0.05) is 13.8 Å². The van der Waals surface area contributed by atoms with Crippen molar-refractivity contribution in [2.45, 2.75) is 39.5 Å². The van der Waals surface area contributed by atoms with E-state index in [9.17, 15) is 13.2 Å². The molecule has 24 heavy (non-hydrogen) atoms. The second kappa shape index (κ2) is 8.63. The van der Waals surface area contributed by atoms with E-state index in [1.165, 1.54) is 17.0 Å². The van der Waals surface area contributed by atoms with Gasteiger partial charge in [-0.2, -0.15) is 0 Å². The van der Waals surface area contributed by atoms with Gasteiger partial charge in [-0.05, 0) is 44.1 Å². The molecule has 0 spiro atoms. The maximum absolute atomic E-state index is 12.3. The zero-order valence-electron chi connectivity index (χ0n) is 15.3. The zero-order chi connectivity index (χ0) is 17.7. The van der Waals surface area contributed by atoms with E-state index in [1.54, 1.807) is 0 Å². The molecule has 2 aliphatic heterocycles. The van der Waals surface area contributed by atoms with Gasteiger partial charge in [0, 0.05) is 32.7 Å². The number of nitrogens with one attached hydrogen (secondary N) is 1. The van der Waals surface area contributed by atoms with Gasteiger partial charge in [-0.3, -0.25) is 4.79 Å². The number of carbonyl (C=O) groups excluding carboxylic acids is 1. The van der Waals surface area contributed by atoms with Crippen LogP contribution in [0.4, 0.5) is 0 Å². The predicted octanol–water partition coefficient (Wildman–Crippen LogP) is 1.14. The summed E-state index contributed by atoms with van der Waals surface area (Å²) >= 11 is 0. The zero-order valence-corrected chi connectivity index (χ0v) is 16.1. The second-order valence-corrected chi connectivity index (χ2v) is 9.79. The third kappa shape index (κ3) is 6.01. The Morgan fingerprint density at radius 3 is 2.46 bits per heavy atom. The van der Waals surface area contributed by atoms with Crippen molar-refractivity contribution in [1.82, 2.24) is 14.5 Å². The van der Waals surface area contributed by atoms with E-state index in [4.69, 9.17) is 0 Å². The fourth-order valence-electron chi connectivity index (χ4n) is 4.09. The molecule has 0 aromatic heterocycles. The molecule has 1 N–H and O–H groups in total. The number of carbonyl (C=O) groups is 1. The molecule has 6 nitrogen and oxygen atoms in total. The van der Waals surface area contributed by atoms with Crippen molar-refractivity contribution in [3.05, 3.63) is 0 Å². The lowest BCUT2D eigenvalue weighted by Crippen LogP contribution is -2.45. The van der Waals surface area contributed by atoms with E-state index in [0.29, 0.717) is 19.6 Å². The lowest BCUT2D eigenvalue weighted by molar-refractivity contribution is -0.126. The molecule has 140 valence electrons. The number of amides is 1. The third-order valence-corrected chi connectivity index (χ3v) is 6.39. The first kappa shape index (κ1) is 19.7. The first-order valence-electron chi connectivity index (χ1n) is 9.21. The fraction of sp³-hybridized carbons (Fsp3) is 0.941. The average molecular weight is 360 g/mol. The highest BCUT2D eigenvalue weighted by atomic mass is 32.2. The smallest absolute Gasteiger partial charge is 0.224 e. The molecule has 0 aromatic rings. The van der Waals surface area contributed by atoms with Gasteiger partial charge in [0.1, 0.15) is 0 Å². The summed E-state index contributed by atoms with van der Waals surface area (Å²) in [4.78, 5) is 14.8. The van der Waals surface area contributed by atoms with Crippen LogP contribution in [-0.4, -0.2) is 69.1 Å². The van der Waals surface area contributed by atoms with Crippen LogP contribution in [0.1, 0.15) is 39.5 Å². The highest BCUT2D eigenvalue weighted by Gasteiger charge is 2.30. The van der Waals surface area contributed by atoms with Crippen molar-refractivity contribution in [3.63, 3.8) is 0 Å². The van der Waals surface area contributed by atoms with Crippen LogP contribution in [0.3, 0.4) is 0 Å². The Kier molecular flexibility index (Phi) is 7.07. The van der Waals surface area contributed by atoms with Gasteiger partial charge in [-0.15, -0.1) is 0 Å². The summed E-state index contributed by atoms with van der Waals surface area (Å²) in [6, 6.07) is 0. The highest BCUT2D eigenvalue weighted by Crippen LogP contribution is 2.21. The minimum absolute atomic E-state index is 0.00345. The SMILES string of the molecule is C[C@@H]1C[C@H](C)CN(CCCNC(=O)[C@@H]2CCCN(S(C)(=O)=O)C2)C1. The second-order valence-electron chi connectivity index (χ2n) is 7.81. The molecule has 0 aliphatic carbocycles. The summed E-state index contributed by atoms with van der Waals surface area (Å²) in [5.74, 6) is 1.31. The van der Waals surface area contributed by atoms with Crippen LogP contribution < -0.4 is 5.32 Å². The van der Waals surface area contributed by atoms with Gasteiger partial charge in [0.25, 0.3) is 0 Å². The standard InChI is InChI=1S/C17H33N3O3S/c1-14-10-15(2)12-19(11-14)8-5-7-18-17(21)16-6-4-9-20(13-16)24(3,22)23/h14-16H,4-13H2,1-3H3,(H,18,21)/t14-,15+,16-/m1/s1. The Hall–Kier alpha value is -0.660. The normalized spacial score (nSPS) is 30.2. The first-order valence-corrected chi connectivity index (χ1v) is 11.1. The molecule has 2 heterocycles. The summed E-state index contributed by atoms with van der Waals surface area (Å²) in [7, 11) is -3.20. The average Bonchev–Trinajstić information content (AvgIpc) is 2.50. The number of rotatable bonds is 6. The number of hydrogen-bond acceptors (Lipinski definition) is 4. The van der Waals surface area contributed by atoms with E-state index in [0.717, 1.165) is 50.7 Å². The fourth-order valence-corrected chi connectivity index (χ4v) is 5.00. The number of piperidine rings is 2. The van der Waals surface area contributed by atoms with Crippen LogP contribution >= 0.6 is 0 Å². The first-order chi connectivity index (χ1) is 11.3. The molecule has 2 fully saturated rings. The Balaban J connectivity index is 1.68. The van der Waals surface area contributed by atoms with E-state index in [1.807, 2.05) is 0 Å². The van der Waals surface area contributed by atoms with E-state index >= 15 is 0 Å². The van der Waals surface area contributed by atoms with E-state index in [2.05, 4.69) is 24.1 Å². The topological polar surface area (TPSA) is 69.7 Å². The van der Waals surface area contributed by atoms with Crippen LogP contribution in [0.5, 0.6) is 0 Å². The molecule has 7 heteroatoms. The number of hydrogen-bond donors (Lipinski definition) is 1. The molecule has 0 saturated carbocycles. The number of nitrogens with zero attached hydrogens (tertiary/aromatic N) is 2. The number of likely N-dealkylation sites (tertiary alicyclic amines) is 1. The third-order valence-electron chi connectivity index (χ3n) is 5.12. The molecule has 0 radical (unpaired) electrons. The molecule has 2 aliphatic rings. The van der Waals surface area contributed by atoms with Crippen LogP contribution in [0.25, 0.3) is 0 Å². The summed E-state index contributed by atoms with van der Waals surface area (Å²) in [5.41, 5.74) is 0. The van der Waals surface area contributed by atoms with Crippen molar-refractivity contribution < 1.29 is 13.2 Å². The molecule has 2 saturated heterocycles. The Morgan fingerprint density at radius 1 is 1.17 bits per heavy atom. The largest absolute Gasteiger partial charge is 0.356 e. The van der Waals surface area contributed by atoms with E-state index in [-0.39, 0.29) is 11.8 Å². The minimum atomic E-state index is -3.20. The van der Waals surface area contributed by atoms with Crippen molar-refractivity contribution in [1.29, 1.82) is 0 Å². The lowest BCUT2D eigenvalue weighted by Gasteiger charge is -2.35. The number of sulfonamides is 1. The van der Waals surface area contributed by atoms with Crippen LogP contribution in [0.2, 0.25) is 0 Å². The van der Waals surface area contributed by atoms with Gasteiger partial charge >= 0.3 is 0 Å². The van der Waals surface area contributed by atoms with Crippen molar-refractivity contribution in [2.24, 2.45) is 17.8 Å². The molecule has 3 atom stereocenters. The van der Waals surface area contributed by atoms with E-state index < -0.39 is 10.0 Å². The maximum atomic E-state index is 12.3. The summed E-state index contributed by atoms with van der Waals surface area (Å²) in [6.07, 6.45) is 5.01. The molecule has 0 unspecified atom stereocenters. The molecular weight excluding hydrogens is 326 g/mol. The van der Waals surface area contributed by atoms with Crippen LogP contribution in [0.15, 0.2) is 0 Å². The minimum Gasteiger partial charge on any atom is -0.356 e. The van der Waals surface area contributed by atoms with Crippen molar-refractivity contribution in [3.8, 4) is 0 Å². The molecular formula is C17H33N3O3S. The monoisotopic (exact) mass is 359 g/mol. The molecule has 1 amide bonds. The maximum Gasteiger partial charge on any atom is 0.224 e. The quantitative estimate of drug-likeness (QED) is 0.722. The Labute approximate surface area is 147 Å². The molecule has 0 bridgehead atoms. The van der Waals surface area contributed by atoms with Crippen molar-refractivity contribution >= 4 is 15.9 Å². The van der Waals surface area contributed by atoms with Gasteiger partial charge in [0.2, 0.25) is 15.9 Å². The summed E-state index contributed by atoms with van der Waals surface area (Å²) in [6.45, 7) is 9.48. The Bertz CT molecular complexity index is 513. The van der Waals surface area contributed by atoms with Crippen LogP contribution in [0, 0.1) is 17.8 Å². The molecule has 2 rings (SSSR count). The van der Waals surface area contributed by atoms with Gasteiger partial charge in [0.15, 0.2) is 0 Å². The van der Waals surface area contributed by atoms with Crippen LogP contribution in [-0.2, 0) is 14.8 Å². The lowest BCUT2D eigenvalue weighted by atomic mass is 9.92.